The molecule has 0 unspecified atom stereocenters. The van der Waals surface area contributed by atoms with Crippen LogP contribution in [0.2, 0.25) is 0 Å². The second kappa shape index (κ2) is 5.58. The monoisotopic (exact) mass is 171 g/mol. The van der Waals surface area contributed by atoms with Crippen LogP contribution in [-0.4, -0.2) is 23.5 Å². The minimum Gasteiger partial charge on any atom is -0.298 e. The summed E-state index contributed by atoms with van der Waals surface area (Å²) in [5.41, 5.74) is 0. The summed E-state index contributed by atoms with van der Waals surface area (Å²) in [7, 11) is 0. The Balaban J connectivity index is 4.03. The van der Waals surface area contributed by atoms with E-state index in [0.29, 0.717) is 6.04 Å². The smallest absolute Gasteiger partial charge is 0.00671 e. The Morgan fingerprint density at radius 1 is 1.00 bits per heavy atom. The largest absolute Gasteiger partial charge is 0.298 e. The molecule has 1 heteroatoms. The van der Waals surface area contributed by atoms with Crippen LogP contribution in [0.5, 0.6) is 0 Å². The topological polar surface area (TPSA) is 3.24 Å². The number of hydrogen-bond acceptors (Lipinski definition) is 1. The summed E-state index contributed by atoms with van der Waals surface area (Å²) in [5.74, 6) is 0.779. The van der Waals surface area contributed by atoms with E-state index in [1.165, 1.54) is 13.0 Å². The summed E-state index contributed by atoms with van der Waals surface area (Å²) < 4.78 is 0. The van der Waals surface area contributed by atoms with Gasteiger partial charge in [-0.25, -0.2) is 0 Å². The fourth-order valence-electron chi connectivity index (χ4n) is 1.56. The minimum absolute atomic E-state index is 0.683. The number of nitrogens with zero attached hydrogens (tertiary/aromatic N) is 1. The van der Waals surface area contributed by atoms with Crippen LogP contribution in [0.4, 0.5) is 0 Å². The van der Waals surface area contributed by atoms with Crippen molar-refractivity contribution in [2.24, 2.45) is 5.92 Å². The SMILES string of the molecule is CC[C@H](C)N(CC(C)C)C(C)C. The van der Waals surface area contributed by atoms with Crippen molar-refractivity contribution in [2.45, 2.75) is 60.0 Å². The van der Waals surface area contributed by atoms with E-state index in [1.807, 2.05) is 0 Å². The highest BCUT2D eigenvalue weighted by Gasteiger charge is 2.15. The van der Waals surface area contributed by atoms with Crippen LogP contribution >= 0.6 is 0 Å². The first kappa shape index (κ1) is 12.0. The van der Waals surface area contributed by atoms with Gasteiger partial charge in [-0.2, -0.15) is 0 Å². The van der Waals surface area contributed by atoms with E-state index in [9.17, 15) is 0 Å². The van der Waals surface area contributed by atoms with Crippen LogP contribution in [0, 0.1) is 5.92 Å². The lowest BCUT2D eigenvalue weighted by Crippen LogP contribution is -2.40. The Labute approximate surface area is 78.1 Å². The molecule has 0 N–H and O–H groups in total. The zero-order valence-electron chi connectivity index (χ0n) is 9.59. The lowest BCUT2D eigenvalue weighted by molar-refractivity contribution is 0.141. The minimum atomic E-state index is 0.683. The Morgan fingerprint density at radius 2 is 1.50 bits per heavy atom. The highest BCUT2D eigenvalue weighted by Crippen LogP contribution is 2.11. The van der Waals surface area contributed by atoms with Crippen molar-refractivity contribution in [3.63, 3.8) is 0 Å². The Bertz CT molecular complexity index is 108. The zero-order chi connectivity index (χ0) is 9.72. The van der Waals surface area contributed by atoms with Gasteiger partial charge in [0.2, 0.25) is 0 Å². The van der Waals surface area contributed by atoms with E-state index in [4.69, 9.17) is 0 Å². The third-order valence-electron chi connectivity index (χ3n) is 2.40. The van der Waals surface area contributed by atoms with Gasteiger partial charge < -0.3 is 0 Å². The standard InChI is InChI=1S/C11H25N/c1-7-11(6)12(10(4)5)8-9(2)3/h9-11H,7-8H2,1-6H3/t11-/m0/s1. The van der Waals surface area contributed by atoms with Crippen molar-refractivity contribution in [1.82, 2.24) is 4.90 Å². The molecule has 0 aliphatic heterocycles. The highest BCUT2D eigenvalue weighted by molar-refractivity contribution is 4.70. The highest BCUT2D eigenvalue weighted by atomic mass is 15.2. The van der Waals surface area contributed by atoms with Gasteiger partial charge in [-0.1, -0.05) is 20.8 Å². The first-order valence-electron chi connectivity index (χ1n) is 5.24. The van der Waals surface area contributed by atoms with E-state index in [-0.39, 0.29) is 0 Å². The van der Waals surface area contributed by atoms with Gasteiger partial charge in [-0.15, -0.1) is 0 Å². The number of hydrogen-bond donors (Lipinski definition) is 0. The van der Waals surface area contributed by atoms with E-state index >= 15 is 0 Å². The van der Waals surface area contributed by atoms with Crippen LogP contribution < -0.4 is 0 Å². The maximum absolute atomic E-state index is 2.59. The molecule has 0 fully saturated rings. The first-order chi connectivity index (χ1) is 5.49. The van der Waals surface area contributed by atoms with Gasteiger partial charge in [0.25, 0.3) is 0 Å². The van der Waals surface area contributed by atoms with Crippen molar-refractivity contribution in [3.05, 3.63) is 0 Å². The maximum Gasteiger partial charge on any atom is 0.00671 e. The summed E-state index contributed by atoms with van der Waals surface area (Å²) in [6.45, 7) is 15.0. The van der Waals surface area contributed by atoms with E-state index in [2.05, 4.69) is 46.4 Å². The van der Waals surface area contributed by atoms with Crippen molar-refractivity contribution >= 4 is 0 Å². The number of rotatable bonds is 5. The van der Waals surface area contributed by atoms with Gasteiger partial charge in [0.15, 0.2) is 0 Å². The molecular weight excluding hydrogens is 146 g/mol. The normalized spacial score (nSPS) is 14.8. The third-order valence-corrected chi connectivity index (χ3v) is 2.40. The van der Waals surface area contributed by atoms with Crippen LogP contribution in [0.25, 0.3) is 0 Å². The summed E-state index contributed by atoms with van der Waals surface area (Å²) >= 11 is 0. The lowest BCUT2D eigenvalue weighted by Gasteiger charge is -2.33. The average Bonchev–Trinajstić information content (AvgIpc) is 1.98. The molecule has 0 spiro atoms. The van der Waals surface area contributed by atoms with Crippen molar-refractivity contribution in [2.75, 3.05) is 6.54 Å². The van der Waals surface area contributed by atoms with E-state index in [1.54, 1.807) is 0 Å². The molecule has 0 bridgehead atoms. The molecule has 0 rings (SSSR count). The Kier molecular flexibility index (Phi) is 5.56. The fourth-order valence-corrected chi connectivity index (χ4v) is 1.56. The quantitative estimate of drug-likeness (QED) is 0.614. The van der Waals surface area contributed by atoms with Gasteiger partial charge in [-0.3, -0.25) is 4.90 Å². The van der Waals surface area contributed by atoms with Gasteiger partial charge in [0, 0.05) is 18.6 Å². The molecule has 0 aromatic heterocycles. The molecule has 0 amide bonds. The summed E-state index contributed by atoms with van der Waals surface area (Å²) in [6.07, 6.45) is 1.25. The van der Waals surface area contributed by atoms with E-state index < -0.39 is 0 Å². The molecule has 0 heterocycles. The van der Waals surface area contributed by atoms with E-state index in [0.717, 1.165) is 12.0 Å². The predicted octanol–water partition coefficient (Wildman–Crippen LogP) is 3.15. The first-order valence-corrected chi connectivity index (χ1v) is 5.24. The summed E-state index contributed by atoms with van der Waals surface area (Å²) in [6, 6.07) is 1.41. The van der Waals surface area contributed by atoms with Gasteiger partial charge in [0.1, 0.15) is 0 Å². The molecule has 12 heavy (non-hydrogen) atoms. The van der Waals surface area contributed by atoms with Gasteiger partial charge in [-0.05, 0) is 33.1 Å². The lowest BCUT2D eigenvalue weighted by atomic mass is 10.1. The van der Waals surface area contributed by atoms with Crippen LogP contribution in [0.3, 0.4) is 0 Å². The van der Waals surface area contributed by atoms with Crippen molar-refractivity contribution < 1.29 is 0 Å². The van der Waals surface area contributed by atoms with Gasteiger partial charge >= 0.3 is 0 Å². The second-order valence-corrected chi connectivity index (χ2v) is 4.44. The summed E-state index contributed by atoms with van der Waals surface area (Å²) in [4.78, 5) is 2.59. The molecule has 0 aliphatic carbocycles. The molecular formula is C11H25N. The van der Waals surface area contributed by atoms with Crippen molar-refractivity contribution in [3.8, 4) is 0 Å². The predicted molar refractivity (Wildman–Crippen MR) is 56.4 cm³/mol. The molecule has 0 radical (unpaired) electrons. The third kappa shape index (κ3) is 4.10. The molecule has 0 aromatic rings. The van der Waals surface area contributed by atoms with Crippen LogP contribution in [-0.2, 0) is 0 Å². The van der Waals surface area contributed by atoms with Crippen LogP contribution in [0.1, 0.15) is 48.0 Å². The zero-order valence-corrected chi connectivity index (χ0v) is 9.59. The molecule has 0 aromatic carbocycles. The molecule has 74 valence electrons. The molecule has 1 nitrogen and oxygen atoms in total. The maximum atomic E-state index is 2.59. The molecule has 0 saturated heterocycles. The second-order valence-electron chi connectivity index (χ2n) is 4.44. The van der Waals surface area contributed by atoms with Gasteiger partial charge in [0.05, 0.1) is 0 Å². The molecule has 0 saturated carbocycles. The fraction of sp³-hybridized carbons (Fsp3) is 1.00. The Hall–Kier alpha value is -0.0400. The average molecular weight is 171 g/mol. The van der Waals surface area contributed by atoms with Crippen molar-refractivity contribution in [1.29, 1.82) is 0 Å². The van der Waals surface area contributed by atoms with Crippen LogP contribution in [0.15, 0.2) is 0 Å². The summed E-state index contributed by atoms with van der Waals surface area (Å²) in [5, 5.41) is 0. The Morgan fingerprint density at radius 3 is 1.75 bits per heavy atom. The molecule has 0 aliphatic rings. The molecule has 1 atom stereocenters.